The number of benzene rings is 1. The molecule has 27 heavy (non-hydrogen) atoms. The van der Waals surface area contributed by atoms with E-state index in [0.717, 1.165) is 10.4 Å². The molecule has 0 fully saturated rings. The molecule has 0 aliphatic rings. The Labute approximate surface area is 159 Å². The van der Waals surface area contributed by atoms with Crippen LogP contribution >= 0.6 is 0 Å². The highest BCUT2D eigenvalue weighted by atomic mass is 32.2. The minimum absolute atomic E-state index is 0.0979. The fourth-order valence-corrected chi connectivity index (χ4v) is 3.74. The Bertz CT molecular complexity index is 773. The van der Waals surface area contributed by atoms with Gasteiger partial charge in [0.15, 0.2) is 4.90 Å². The maximum absolute atomic E-state index is 12.7. The van der Waals surface area contributed by atoms with Crippen LogP contribution in [0.3, 0.4) is 0 Å². The Morgan fingerprint density at radius 2 is 1.93 bits per heavy atom. The van der Waals surface area contributed by atoms with Crippen LogP contribution in [-0.4, -0.2) is 49.5 Å². The minimum Gasteiger partial charge on any atom is -0.444 e. The van der Waals surface area contributed by atoms with Crippen LogP contribution in [0, 0.1) is 16.0 Å². The van der Waals surface area contributed by atoms with Gasteiger partial charge in [-0.15, -0.1) is 0 Å². The van der Waals surface area contributed by atoms with Crippen LogP contribution in [0.5, 0.6) is 0 Å². The number of carbonyl (C=O) groups is 1. The third kappa shape index (κ3) is 6.79. The zero-order valence-corrected chi connectivity index (χ0v) is 17.1. The van der Waals surface area contributed by atoms with Crippen LogP contribution in [-0.2, 0) is 14.8 Å². The third-order valence-corrected chi connectivity index (χ3v) is 5.65. The average molecular weight is 401 g/mol. The van der Waals surface area contributed by atoms with Crippen molar-refractivity contribution < 1.29 is 22.9 Å². The van der Waals surface area contributed by atoms with Gasteiger partial charge in [0.25, 0.3) is 5.69 Å². The summed E-state index contributed by atoms with van der Waals surface area (Å²) >= 11 is 0. The minimum atomic E-state index is -4.04. The molecule has 9 nitrogen and oxygen atoms in total. The van der Waals surface area contributed by atoms with Crippen molar-refractivity contribution in [3.8, 4) is 0 Å². The molecule has 1 rings (SSSR count). The van der Waals surface area contributed by atoms with E-state index in [-0.39, 0.29) is 23.9 Å². The number of nitrogens with zero attached hydrogens (tertiary/aromatic N) is 2. The molecule has 0 spiro atoms. The number of nitrogens with one attached hydrogen (secondary N) is 1. The number of nitro benzene ring substituents is 1. The quantitative estimate of drug-likeness (QED) is 0.528. The van der Waals surface area contributed by atoms with Crippen molar-refractivity contribution in [2.75, 3.05) is 20.1 Å². The molecule has 0 aliphatic carbocycles. The second kappa shape index (κ2) is 9.14. The zero-order valence-electron chi connectivity index (χ0n) is 16.3. The van der Waals surface area contributed by atoms with Crippen LogP contribution in [0.2, 0.25) is 0 Å². The summed E-state index contributed by atoms with van der Waals surface area (Å²) < 4.78 is 31.7. The number of sulfonamides is 1. The first-order valence-corrected chi connectivity index (χ1v) is 9.99. The Hall–Kier alpha value is -2.20. The molecule has 1 atom stereocenters. The second-order valence-corrected chi connectivity index (χ2v) is 9.18. The third-order valence-electron chi connectivity index (χ3n) is 3.78. The zero-order chi connectivity index (χ0) is 20.8. The standard InChI is InChI=1S/C17H27N3O6S/c1-6-13(11-18-16(21)26-17(2,3)4)12-19(5)27(24,25)15-10-8-7-9-14(15)20(22)23/h7-10,13H,6,11-12H2,1-5H3,(H,18,21). The van der Waals surface area contributed by atoms with E-state index in [1.807, 2.05) is 6.92 Å². The number of hydrogen-bond donors (Lipinski definition) is 1. The van der Waals surface area contributed by atoms with Crippen LogP contribution < -0.4 is 5.32 Å². The maximum Gasteiger partial charge on any atom is 0.407 e. The lowest BCUT2D eigenvalue weighted by atomic mass is 10.1. The summed E-state index contributed by atoms with van der Waals surface area (Å²) in [5.74, 6) is -0.180. The van der Waals surface area contributed by atoms with Crippen molar-refractivity contribution in [2.45, 2.75) is 44.6 Å². The topological polar surface area (TPSA) is 119 Å². The molecule has 10 heteroatoms. The van der Waals surface area contributed by atoms with E-state index in [4.69, 9.17) is 4.74 Å². The molecule has 0 saturated heterocycles. The number of amides is 1. The molecule has 0 radical (unpaired) electrons. The summed E-state index contributed by atoms with van der Waals surface area (Å²) in [6.45, 7) is 7.43. The first kappa shape index (κ1) is 22.8. The SMILES string of the molecule is CCC(CNC(=O)OC(C)(C)C)CN(C)S(=O)(=O)c1ccccc1[N+](=O)[O-]. The van der Waals surface area contributed by atoms with Crippen molar-refractivity contribution in [1.82, 2.24) is 9.62 Å². The van der Waals surface area contributed by atoms with E-state index < -0.39 is 32.3 Å². The van der Waals surface area contributed by atoms with Crippen LogP contribution in [0.4, 0.5) is 10.5 Å². The van der Waals surface area contributed by atoms with Crippen molar-refractivity contribution in [3.05, 3.63) is 34.4 Å². The van der Waals surface area contributed by atoms with Gasteiger partial charge < -0.3 is 10.1 Å². The average Bonchev–Trinajstić information content (AvgIpc) is 2.56. The van der Waals surface area contributed by atoms with E-state index >= 15 is 0 Å². The molecular weight excluding hydrogens is 374 g/mol. The van der Waals surface area contributed by atoms with Gasteiger partial charge in [-0.25, -0.2) is 17.5 Å². The number of rotatable bonds is 8. The molecule has 0 aromatic heterocycles. The van der Waals surface area contributed by atoms with Crippen LogP contribution in [0.1, 0.15) is 34.1 Å². The summed E-state index contributed by atoms with van der Waals surface area (Å²) in [6.07, 6.45) is 0.0252. The molecule has 152 valence electrons. The van der Waals surface area contributed by atoms with E-state index in [0.29, 0.717) is 6.42 Å². The van der Waals surface area contributed by atoms with E-state index in [2.05, 4.69) is 5.32 Å². The van der Waals surface area contributed by atoms with E-state index in [9.17, 15) is 23.3 Å². The molecule has 0 bridgehead atoms. The van der Waals surface area contributed by atoms with Gasteiger partial charge in [0.2, 0.25) is 10.0 Å². The van der Waals surface area contributed by atoms with Gasteiger partial charge in [0.05, 0.1) is 4.92 Å². The first-order chi connectivity index (χ1) is 12.4. The highest BCUT2D eigenvalue weighted by molar-refractivity contribution is 7.89. The Morgan fingerprint density at radius 1 is 1.33 bits per heavy atom. The number of nitro groups is 1. The summed E-state index contributed by atoms with van der Waals surface area (Å²) in [5.41, 5.74) is -1.10. The first-order valence-electron chi connectivity index (χ1n) is 8.55. The number of para-hydroxylation sites is 1. The summed E-state index contributed by atoms with van der Waals surface area (Å²) in [6, 6.07) is 5.22. The summed E-state index contributed by atoms with van der Waals surface area (Å²) in [5, 5.41) is 13.7. The molecular formula is C17H27N3O6S. The fourth-order valence-electron chi connectivity index (χ4n) is 2.34. The molecule has 0 heterocycles. The Balaban J connectivity index is 2.84. The molecule has 0 saturated carbocycles. The molecule has 0 aliphatic heterocycles. The van der Waals surface area contributed by atoms with Crippen LogP contribution in [0.25, 0.3) is 0 Å². The van der Waals surface area contributed by atoms with Gasteiger partial charge >= 0.3 is 6.09 Å². The molecule has 1 aromatic carbocycles. The number of alkyl carbamates (subject to hydrolysis) is 1. The van der Waals surface area contributed by atoms with Gasteiger partial charge in [-0.2, -0.15) is 0 Å². The van der Waals surface area contributed by atoms with Crippen molar-refractivity contribution in [3.63, 3.8) is 0 Å². The van der Waals surface area contributed by atoms with Gasteiger partial charge in [-0.05, 0) is 32.8 Å². The van der Waals surface area contributed by atoms with Gasteiger partial charge in [0, 0.05) is 26.2 Å². The lowest BCUT2D eigenvalue weighted by Crippen LogP contribution is -2.39. The second-order valence-electron chi connectivity index (χ2n) is 7.17. The van der Waals surface area contributed by atoms with Crippen molar-refractivity contribution in [1.29, 1.82) is 0 Å². The highest BCUT2D eigenvalue weighted by Crippen LogP contribution is 2.26. The molecule has 1 aromatic rings. The molecule has 1 N–H and O–H groups in total. The highest BCUT2D eigenvalue weighted by Gasteiger charge is 2.30. The van der Waals surface area contributed by atoms with Crippen molar-refractivity contribution >= 4 is 21.8 Å². The molecule has 1 unspecified atom stereocenters. The van der Waals surface area contributed by atoms with E-state index in [1.54, 1.807) is 20.8 Å². The maximum atomic E-state index is 12.7. The lowest BCUT2D eigenvalue weighted by molar-refractivity contribution is -0.387. The Morgan fingerprint density at radius 3 is 2.44 bits per heavy atom. The number of hydrogen-bond acceptors (Lipinski definition) is 6. The van der Waals surface area contributed by atoms with Crippen molar-refractivity contribution in [2.24, 2.45) is 5.92 Å². The predicted molar refractivity (Wildman–Crippen MR) is 101 cm³/mol. The monoisotopic (exact) mass is 401 g/mol. The fraction of sp³-hybridized carbons (Fsp3) is 0.588. The smallest absolute Gasteiger partial charge is 0.407 e. The summed E-state index contributed by atoms with van der Waals surface area (Å²) in [4.78, 5) is 21.8. The van der Waals surface area contributed by atoms with Gasteiger partial charge in [0.1, 0.15) is 5.60 Å². The molecule has 1 amide bonds. The number of carbonyl (C=O) groups excluding carboxylic acids is 1. The number of ether oxygens (including phenoxy) is 1. The van der Waals surface area contributed by atoms with Gasteiger partial charge in [-0.1, -0.05) is 25.5 Å². The van der Waals surface area contributed by atoms with Crippen LogP contribution in [0.15, 0.2) is 29.2 Å². The largest absolute Gasteiger partial charge is 0.444 e. The Kier molecular flexibility index (Phi) is 7.73. The van der Waals surface area contributed by atoms with Gasteiger partial charge in [-0.3, -0.25) is 10.1 Å². The lowest BCUT2D eigenvalue weighted by Gasteiger charge is -2.24. The van der Waals surface area contributed by atoms with E-state index in [1.165, 1.54) is 25.2 Å². The normalized spacial score (nSPS) is 13.3. The predicted octanol–water partition coefficient (Wildman–Crippen LogP) is 2.77. The summed E-state index contributed by atoms with van der Waals surface area (Å²) in [7, 11) is -2.68.